The van der Waals surface area contributed by atoms with E-state index in [4.69, 9.17) is 0 Å². The lowest BCUT2D eigenvalue weighted by Crippen LogP contribution is -2.20. The monoisotopic (exact) mass is 349 g/mol. The predicted molar refractivity (Wildman–Crippen MR) is 109 cm³/mol. The van der Waals surface area contributed by atoms with Gasteiger partial charge in [-0.2, -0.15) is 0 Å². The summed E-state index contributed by atoms with van der Waals surface area (Å²) in [5.41, 5.74) is 6.09. The van der Waals surface area contributed by atoms with Gasteiger partial charge < -0.3 is 5.48 Å². The average molecular weight is 350 g/mol. The third kappa shape index (κ3) is 5.31. The molecule has 2 atom stereocenters. The maximum absolute atomic E-state index is 2.48. The van der Waals surface area contributed by atoms with E-state index in [0.29, 0.717) is 0 Å². The zero-order valence-electron chi connectivity index (χ0n) is 16.8. The number of rotatable bonds is 2. The van der Waals surface area contributed by atoms with Gasteiger partial charge in [-0.05, 0) is 98.8 Å². The van der Waals surface area contributed by atoms with Gasteiger partial charge in [0.25, 0.3) is 0 Å². The van der Waals surface area contributed by atoms with E-state index in [1.54, 1.807) is 5.56 Å². The fourth-order valence-corrected chi connectivity index (χ4v) is 5.20. The van der Waals surface area contributed by atoms with Crippen molar-refractivity contribution in [2.24, 2.45) is 17.8 Å². The molecule has 2 fully saturated rings. The number of hydrogen-bond donors (Lipinski definition) is 1. The largest absolute Gasteiger partial charge is 0.412 e. The molecule has 2 nitrogen and oxygen atoms in total. The van der Waals surface area contributed by atoms with E-state index in [-0.39, 0.29) is 12.4 Å². The first-order chi connectivity index (χ1) is 11.0. The summed E-state index contributed by atoms with van der Waals surface area (Å²) in [6.45, 7) is 9.28. The molecule has 0 aliphatic heterocycles. The summed E-state index contributed by atoms with van der Waals surface area (Å²) < 4.78 is 0. The Morgan fingerprint density at radius 3 is 1.88 bits per heavy atom. The highest BCUT2D eigenvalue weighted by Gasteiger charge is 2.28. The first-order valence-electron chi connectivity index (χ1n) is 10.1. The maximum Gasteiger partial charge on any atom is 0 e. The second-order valence-electron chi connectivity index (χ2n) is 8.76. The minimum Gasteiger partial charge on any atom is -0.412 e. The first-order valence-corrected chi connectivity index (χ1v) is 10.1. The average Bonchev–Trinajstić information content (AvgIpc) is 2.79. The van der Waals surface area contributed by atoms with E-state index in [2.05, 4.69) is 39.8 Å². The highest BCUT2D eigenvalue weighted by atomic mass is 16.0. The summed E-state index contributed by atoms with van der Waals surface area (Å²) in [7, 11) is 0. The minimum atomic E-state index is 0. The minimum absolute atomic E-state index is 0. The summed E-state index contributed by atoms with van der Waals surface area (Å²) in [6.07, 6.45) is 13.3. The number of aryl methyl sites for hydroxylation is 2. The molecule has 1 aromatic rings. The van der Waals surface area contributed by atoms with Gasteiger partial charge in [-0.25, -0.2) is 0 Å². The van der Waals surface area contributed by atoms with Crippen molar-refractivity contribution in [3.05, 3.63) is 34.4 Å². The van der Waals surface area contributed by atoms with Gasteiger partial charge in [0.2, 0.25) is 0 Å². The van der Waals surface area contributed by atoms with Crippen LogP contribution in [0.2, 0.25) is 0 Å². The van der Waals surface area contributed by atoms with Crippen molar-refractivity contribution in [1.82, 2.24) is 0 Å². The Morgan fingerprint density at radius 1 is 0.760 bits per heavy atom. The van der Waals surface area contributed by atoms with E-state index < -0.39 is 0 Å². The van der Waals surface area contributed by atoms with Gasteiger partial charge in [-0.3, -0.25) is 5.48 Å². The fourth-order valence-electron chi connectivity index (χ4n) is 5.20. The van der Waals surface area contributed by atoms with E-state index in [1.165, 1.54) is 74.5 Å². The van der Waals surface area contributed by atoms with Crippen LogP contribution in [0.3, 0.4) is 0 Å². The lowest BCUT2D eigenvalue weighted by molar-refractivity contribution is 0.196. The van der Waals surface area contributed by atoms with Crippen molar-refractivity contribution in [1.29, 1.82) is 0 Å². The van der Waals surface area contributed by atoms with Gasteiger partial charge >= 0.3 is 0 Å². The van der Waals surface area contributed by atoms with Crippen LogP contribution in [0.25, 0.3) is 0 Å². The molecule has 2 saturated carbocycles. The maximum atomic E-state index is 2.48. The molecule has 0 saturated heterocycles. The molecule has 1 radical (unpaired) electrons. The zero-order valence-corrected chi connectivity index (χ0v) is 16.8. The van der Waals surface area contributed by atoms with Gasteiger partial charge in [0.15, 0.2) is 0 Å². The molecule has 3 rings (SSSR count). The van der Waals surface area contributed by atoms with Gasteiger partial charge in [-0.1, -0.05) is 44.7 Å². The third-order valence-corrected chi connectivity index (χ3v) is 7.16. The molecule has 2 aliphatic rings. The Morgan fingerprint density at radius 2 is 1.28 bits per heavy atom. The molecule has 0 heterocycles. The number of benzene rings is 1. The summed E-state index contributed by atoms with van der Waals surface area (Å²) in [5.74, 6) is 3.88. The SMILES string of the molecule is Cc1cc(C2CCCC(C3CCC(C)CC3)CC2)cc(C)c1C.O.[HH].[OH]. The third-order valence-electron chi connectivity index (χ3n) is 7.16. The lowest BCUT2D eigenvalue weighted by atomic mass is 9.74. The summed E-state index contributed by atoms with van der Waals surface area (Å²) >= 11 is 0. The molecule has 0 bridgehead atoms. The standard InChI is InChI=1S/C23H36.H2O.HO.H2/c1-16-8-10-22(11-9-16)20-6-5-7-21(13-12-20)23-14-17(2)19(4)18(3)15-23;;;/h14-16,20-22H,5-13H2,1-4H3;1H2;2*1H. The molecule has 145 valence electrons. The van der Waals surface area contributed by atoms with Gasteiger partial charge in [0.05, 0.1) is 0 Å². The van der Waals surface area contributed by atoms with Crippen LogP contribution in [-0.4, -0.2) is 11.0 Å². The van der Waals surface area contributed by atoms with Crippen LogP contribution < -0.4 is 0 Å². The molecule has 2 heteroatoms. The van der Waals surface area contributed by atoms with Crippen LogP contribution in [0.1, 0.15) is 94.3 Å². The molecule has 2 aliphatic carbocycles. The van der Waals surface area contributed by atoms with Crippen LogP contribution in [0.15, 0.2) is 12.1 Å². The molecule has 1 aromatic carbocycles. The second kappa shape index (κ2) is 9.73. The van der Waals surface area contributed by atoms with Crippen molar-refractivity contribution in [3.8, 4) is 0 Å². The highest BCUT2D eigenvalue weighted by molar-refractivity contribution is 5.38. The molecular weight excluding hydrogens is 308 g/mol. The normalized spacial score (nSPS) is 29.9. The zero-order chi connectivity index (χ0) is 16.4. The van der Waals surface area contributed by atoms with Crippen molar-refractivity contribution >= 4 is 0 Å². The van der Waals surface area contributed by atoms with Crippen LogP contribution in [0.4, 0.5) is 0 Å². The Hall–Kier alpha value is -0.860. The highest BCUT2D eigenvalue weighted by Crippen LogP contribution is 2.42. The van der Waals surface area contributed by atoms with E-state index in [1.807, 2.05) is 0 Å². The molecule has 0 spiro atoms. The molecule has 0 amide bonds. The Labute approximate surface area is 156 Å². The topological polar surface area (TPSA) is 61.5 Å². The summed E-state index contributed by atoms with van der Waals surface area (Å²) in [5, 5.41) is 0. The molecular formula is C23H41O2. The molecule has 0 aromatic heterocycles. The quantitative estimate of drug-likeness (QED) is 0.605. The summed E-state index contributed by atoms with van der Waals surface area (Å²) in [4.78, 5) is 0. The van der Waals surface area contributed by atoms with Gasteiger partial charge in [-0.15, -0.1) is 0 Å². The van der Waals surface area contributed by atoms with Crippen molar-refractivity contribution in [2.45, 2.75) is 91.4 Å². The molecule has 2 unspecified atom stereocenters. The number of hydrogen-bond acceptors (Lipinski definition) is 0. The van der Waals surface area contributed by atoms with E-state index in [0.717, 1.165) is 23.7 Å². The lowest BCUT2D eigenvalue weighted by Gasteiger charge is -2.32. The Bertz CT molecular complexity index is 512. The Balaban J connectivity index is 0.00000208. The van der Waals surface area contributed by atoms with E-state index in [9.17, 15) is 0 Å². The van der Waals surface area contributed by atoms with Crippen molar-refractivity contribution in [3.63, 3.8) is 0 Å². The van der Waals surface area contributed by atoms with Crippen LogP contribution >= 0.6 is 0 Å². The first kappa shape index (κ1) is 22.2. The molecule has 3 N–H and O–H groups in total. The van der Waals surface area contributed by atoms with E-state index >= 15 is 0 Å². The molecule has 25 heavy (non-hydrogen) atoms. The van der Waals surface area contributed by atoms with Crippen LogP contribution in [0.5, 0.6) is 0 Å². The van der Waals surface area contributed by atoms with Crippen LogP contribution in [0, 0.1) is 38.5 Å². The van der Waals surface area contributed by atoms with Crippen LogP contribution in [-0.2, 0) is 0 Å². The van der Waals surface area contributed by atoms with Gasteiger partial charge in [0.1, 0.15) is 0 Å². The summed E-state index contributed by atoms with van der Waals surface area (Å²) in [6, 6.07) is 4.96. The Kier molecular flexibility index (Phi) is 8.63. The van der Waals surface area contributed by atoms with Crippen molar-refractivity contribution in [2.75, 3.05) is 0 Å². The second-order valence-corrected chi connectivity index (χ2v) is 8.76. The smallest absolute Gasteiger partial charge is 0 e. The van der Waals surface area contributed by atoms with Crippen molar-refractivity contribution < 1.29 is 12.4 Å². The predicted octanol–water partition coefficient (Wildman–Crippen LogP) is 6.35. The fraction of sp³-hybridized carbons (Fsp3) is 0.739. The van der Waals surface area contributed by atoms with Gasteiger partial charge in [0, 0.05) is 1.43 Å².